The summed E-state index contributed by atoms with van der Waals surface area (Å²) in [6.07, 6.45) is 6.52. The Balaban J connectivity index is 1.67. The summed E-state index contributed by atoms with van der Waals surface area (Å²) >= 11 is 0. The lowest BCUT2D eigenvalue weighted by molar-refractivity contribution is -0.120. The number of carbonyl (C=O) groups excluding carboxylic acids is 1. The van der Waals surface area contributed by atoms with E-state index < -0.39 is 0 Å². The molecule has 2 saturated heterocycles. The Morgan fingerprint density at radius 2 is 1.61 bits per heavy atom. The van der Waals surface area contributed by atoms with Crippen LogP contribution in [0.15, 0.2) is 30.3 Å². The predicted molar refractivity (Wildman–Crippen MR) is 115 cm³/mol. The first-order chi connectivity index (χ1) is 13.7. The molecule has 5 nitrogen and oxygen atoms in total. The van der Waals surface area contributed by atoms with Gasteiger partial charge in [0.15, 0.2) is 0 Å². The largest absolute Gasteiger partial charge is 0.382 e. The third-order valence-corrected chi connectivity index (χ3v) is 6.42. The zero-order valence-corrected chi connectivity index (χ0v) is 17.7. The van der Waals surface area contributed by atoms with Gasteiger partial charge < -0.3 is 19.4 Å². The van der Waals surface area contributed by atoms with Gasteiger partial charge in [-0.1, -0.05) is 31.5 Å². The molecule has 3 rings (SSSR count). The molecule has 5 heteroatoms. The summed E-state index contributed by atoms with van der Waals surface area (Å²) < 4.78 is 5.65. The van der Waals surface area contributed by atoms with Crippen molar-refractivity contribution >= 4 is 11.6 Å². The molecule has 2 aliphatic heterocycles. The van der Waals surface area contributed by atoms with Crippen molar-refractivity contribution in [3.05, 3.63) is 30.3 Å². The van der Waals surface area contributed by atoms with Crippen molar-refractivity contribution in [2.75, 3.05) is 57.9 Å². The number of anilines is 1. The van der Waals surface area contributed by atoms with Crippen LogP contribution in [-0.4, -0.2) is 74.2 Å². The van der Waals surface area contributed by atoms with Gasteiger partial charge >= 0.3 is 0 Å². The Kier molecular flexibility index (Phi) is 7.89. The Morgan fingerprint density at radius 3 is 2.18 bits per heavy atom. The molecule has 0 unspecified atom stereocenters. The van der Waals surface area contributed by atoms with E-state index in [0.717, 1.165) is 38.2 Å². The van der Waals surface area contributed by atoms with Crippen molar-refractivity contribution in [2.24, 2.45) is 0 Å². The monoisotopic (exact) mass is 387 g/mol. The summed E-state index contributed by atoms with van der Waals surface area (Å²) in [4.78, 5) is 20.2. The molecule has 28 heavy (non-hydrogen) atoms. The first-order valence-corrected chi connectivity index (χ1v) is 11.0. The average Bonchev–Trinajstić information content (AvgIpc) is 2.75. The van der Waals surface area contributed by atoms with E-state index in [1.54, 1.807) is 7.11 Å². The summed E-state index contributed by atoms with van der Waals surface area (Å²) in [6, 6.07) is 10.1. The van der Waals surface area contributed by atoms with Gasteiger partial charge in [0, 0.05) is 45.4 Å². The average molecular weight is 388 g/mol. The zero-order valence-electron chi connectivity index (χ0n) is 17.7. The van der Waals surface area contributed by atoms with Gasteiger partial charge in [-0.2, -0.15) is 0 Å². The number of piperidine rings is 2. The number of para-hydroxylation sites is 1. The Bertz CT molecular complexity index is 593. The van der Waals surface area contributed by atoms with Crippen LogP contribution in [0.4, 0.5) is 5.69 Å². The highest BCUT2D eigenvalue weighted by Crippen LogP contribution is 2.34. The number of methoxy groups -OCH3 is 1. The number of amides is 1. The van der Waals surface area contributed by atoms with E-state index in [1.165, 1.54) is 38.9 Å². The zero-order chi connectivity index (χ0) is 19.8. The van der Waals surface area contributed by atoms with Gasteiger partial charge in [-0.15, -0.1) is 0 Å². The first-order valence-electron chi connectivity index (χ1n) is 11.0. The predicted octanol–water partition coefficient (Wildman–Crippen LogP) is 3.40. The molecule has 2 fully saturated rings. The Hall–Kier alpha value is -1.43. The van der Waals surface area contributed by atoms with Gasteiger partial charge in [-0.05, 0) is 50.9 Å². The smallest absolute Gasteiger partial charge is 0.227 e. The Labute approximate surface area is 170 Å². The normalized spacial score (nSPS) is 20.8. The molecule has 1 aromatic carbocycles. The van der Waals surface area contributed by atoms with E-state index in [9.17, 15) is 4.79 Å². The molecule has 0 saturated carbocycles. The molecule has 156 valence electrons. The highest BCUT2D eigenvalue weighted by molar-refractivity contribution is 5.94. The van der Waals surface area contributed by atoms with Crippen LogP contribution in [0.1, 0.15) is 45.4 Å². The quantitative estimate of drug-likeness (QED) is 0.685. The lowest BCUT2D eigenvalue weighted by Crippen LogP contribution is -2.60. The maximum Gasteiger partial charge on any atom is 0.227 e. The third-order valence-electron chi connectivity index (χ3n) is 6.42. The minimum Gasteiger partial charge on any atom is -0.382 e. The highest BCUT2D eigenvalue weighted by Gasteiger charge is 2.42. The molecule has 0 aromatic heterocycles. The summed E-state index contributed by atoms with van der Waals surface area (Å²) in [5, 5.41) is 0. The van der Waals surface area contributed by atoms with Crippen LogP contribution in [0.2, 0.25) is 0 Å². The minimum atomic E-state index is -0.245. The molecule has 0 radical (unpaired) electrons. The van der Waals surface area contributed by atoms with E-state index in [1.807, 2.05) is 42.2 Å². The van der Waals surface area contributed by atoms with Crippen LogP contribution < -0.4 is 4.90 Å². The summed E-state index contributed by atoms with van der Waals surface area (Å²) in [5.41, 5.74) is 0.748. The second-order valence-corrected chi connectivity index (χ2v) is 8.32. The molecule has 0 aliphatic carbocycles. The molecule has 0 N–H and O–H groups in total. The second kappa shape index (κ2) is 10.4. The van der Waals surface area contributed by atoms with Gasteiger partial charge in [0.25, 0.3) is 0 Å². The molecule has 0 bridgehead atoms. The van der Waals surface area contributed by atoms with Gasteiger partial charge in [0.2, 0.25) is 5.91 Å². The summed E-state index contributed by atoms with van der Waals surface area (Å²) in [7, 11) is 1.75. The Morgan fingerprint density at radius 1 is 1.00 bits per heavy atom. The number of nitrogens with zero attached hydrogens (tertiary/aromatic N) is 3. The van der Waals surface area contributed by atoms with Crippen LogP contribution in [-0.2, 0) is 9.53 Å². The fourth-order valence-electron chi connectivity index (χ4n) is 4.78. The first kappa shape index (κ1) is 21.3. The molecule has 2 heterocycles. The molecule has 1 amide bonds. The van der Waals surface area contributed by atoms with Crippen molar-refractivity contribution in [3.63, 3.8) is 0 Å². The second-order valence-electron chi connectivity index (χ2n) is 8.32. The van der Waals surface area contributed by atoms with Crippen LogP contribution in [0.5, 0.6) is 0 Å². The number of benzene rings is 1. The number of hydrogen-bond acceptors (Lipinski definition) is 4. The van der Waals surface area contributed by atoms with Crippen LogP contribution in [0.3, 0.4) is 0 Å². The van der Waals surface area contributed by atoms with Crippen LogP contribution in [0, 0.1) is 0 Å². The molecular weight excluding hydrogens is 350 g/mol. The number of rotatable bonds is 8. The maximum atomic E-state index is 13.0. The summed E-state index contributed by atoms with van der Waals surface area (Å²) in [5.74, 6) is 0.185. The molecule has 2 aliphatic rings. The number of likely N-dealkylation sites (tertiary alicyclic amines) is 2. The molecular formula is C23H37N3O2. The lowest BCUT2D eigenvalue weighted by atomic mass is 9.85. The van der Waals surface area contributed by atoms with Crippen molar-refractivity contribution in [1.29, 1.82) is 0 Å². The molecule has 1 aromatic rings. The number of hydrogen-bond donors (Lipinski definition) is 0. The molecule has 0 spiro atoms. The van der Waals surface area contributed by atoms with E-state index in [0.29, 0.717) is 13.0 Å². The van der Waals surface area contributed by atoms with Crippen LogP contribution >= 0.6 is 0 Å². The van der Waals surface area contributed by atoms with E-state index >= 15 is 0 Å². The number of ether oxygens (including phenoxy) is 1. The third kappa shape index (κ3) is 5.13. The van der Waals surface area contributed by atoms with Gasteiger partial charge in [0.05, 0.1) is 12.1 Å². The number of carbonyl (C=O) groups is 1. The van der Waals surface area contributed by atoms with Gasteiger partial charge in [0.1, 0.15) is 0 Å². The van der Waals surface area contributed by atoms with Crippen molar-refractivity contribution in [1.82, 2.24) is 9.80 Å². The van der Waals surface area contributed by atoms with Crippen molar-refractivity contribution < 1.29 is 9.53 Å². The summed E-state index contributed by atoms with van der Waals surface area (Å²) in [6.45, 7) is 9.42. The van der Waals surface area contributed by atoms with Gasteiger partial charge in [-0.3, -0.25) is 4.79 Å². The fourth-order valence-corrected chi connectivity index (χ4v) is 4.78. The topological polar surface area (TPSA) is 36.0 Å². The minimum absolute atomic E-state index is 0.185. The van der Waals surface area contributed by atoms with Crippen molar-refractivity contribution in [2.45, 2.75) is 51.0 Å². The van der Waals surface area contributed by atoms with Gasteiger partial charge in [-0.25, -0.2) is 0 Å². The van der Waals surface area contributed by atoms with Crippen LogP contribution in [0.25, 0.3) is 0 Å². The lowest BCUT2D eigenvalue weighted by Gasteiger charge is -2.48. The fraction of sp³-hybridized carbons (Fsp3) is 0.696. The highest BCUT2D eigenvalue weighted by atomic mass is 16.5. The molecule has 0 atom stereocenters. The van der Waals surface area contributed by atoms with E-state index in [2.05, 4.69) is 9.80 Å². The van der Waals surface area contributed by atoms with Crippen molar-refractivity contribution in [3.8, 4) is 0 Å². The SMILES string of the molecule is CCC(=O)N(c1ccccc1)C1(COC)CCN(CCN2CCCCC2)CC1. The van der Waals surface area contributed by atoms with E-state index in [4.69, 9.17) is 4.74 Å². The maximum absolute atomic E-state index is 13.0. The standard InChI is InChI=1S/C23H37N3O2/c1-3-22(27)26(21-10-6-4-7-11-21)23(20-28-2)12-16-25(17-13-23)19-18-24-14-8-5-9-15-24/h4,6-7,10-11H,3,5,8-9,12-20H2,1-2H3. The van der Waals surface area contributed by atoms with E-state index in [-0.39, 0.29) is 11.4 Å².